The summed E-state index contributed by atoms with van der Waals surface area (Å²) in [4.78, 5) is 19.0. The number of nitrogens with zero attached hydrogens (tertiary/aromatic N) is 3. The Morgan fingerprint density at radius 2 is 1.96 bits per heavy atom. The standard InChI is InChI=1S/C16H27N5O4/c1-14(13-15-3-2-4-18-15)16(22)19-5-7-23-9-11-25-12-10-24-8-6-20-21-17/h3-4,14,17H,2,5-13H2,1H3/p+1/t14-/m0/s1. The fourth-order valence-corrected chi connectivity index (χ4v) is 2.07. The van der Waals surface area contributed by atoms with Crippen LogP contribution in [0.4, 0.5) is 0 Å². The van der Waals surface area contributed by atoms with Crippen molar-refractivity contribution < 1.29 is 19.0 Å². The van der Waals surface area contributed by atoms with Gasteiger partial charge in [-0.15, -0.1) is 0 Å². The summed E-state index contributed by atoms with van der Waals surface area (Å²) >= 11 is 0. The SMILES string of the molecule is C[C@@H](CC1=CCC=N1)C(=O)NCCOCCOCCOCCN=[N+]=N. The van der Waals surface area contributed by atoms with Crippen LogP contribution in [0.1, 0.15) is 19.8 Å². The molecule has 1 aliphatic heterocycles. The van der Waals surface area contributed by atoms with E-state index in [1.54, 1.807) is 0 Å². The normalized spacial score (nSPS) is 14.0. The highest BCUT2D eigenvalue weighted by Crippen LogP contribution is 2.16. The summed E-state index contributed by atoms with van der Waals surface area (Å²) in [7, 11) is 0. The van der Waals surface area contributed by atoms with Crippen molar-refractivity contribution in [2.24, 2.45) is 16.0 Å². The average Bonchev–Trinajstić information content (AvgIpc) is 3.11. The molecule has 1 heterocycles. The molecule has 0 saturated carbocycles. The summed E-state index contributed by atoms with van der Waals surface area (Å²) < 4.78 is 15.9. The number of nitrogens with one attached hydrogen (secondary N) is 2. The first-order chi connectivity index (χ1) is 12.2. The molecule has 1 amide bonds. The van der Waals surface area contributed by atoms with E-state index in [4.69, 9.17) is 19.7 Å². The van der Waals surface area contributed by atoms with Crippen molar-refractivity contribution >= 4 is 12.1 Å². The zero-order valence-corrected chi connectivity index (χ0v) is 14.8. The van der Waals surface area contributed by atoms with Crippen molar-refractivity contribution in [1.29, 1.82) is 5.53 Å². The lowest BCUT2D eigenvalue weighted by Crippen LogP contribution is -2.32. The van der Waals surface area contributed by atoms with E-state index in [2.05, 4.69) is 20.3 Å². The van der Waals surface area contributed by atoms with Crippen LogP contribution in [0.25, 0.3) is 0 Å². The Hall–Kier alpha value is -1.93. The molecule has 0 fully saturated rings. The van der Waals surface area contributed by atoms with Crippen LogP contribution in [-0.2, 0) is 19.0 Å². The summed E-state index contributed by atoms with van der Waals surface area (Å²) in [6.07, 6.45) is 5.43. The van der Waals surface area contributed by atoms with Gasteiger partial charge in [-0.05, 0) is 0 Å². The molecule has 0 bridgehead atoms. The molecule has 0 aromatic rings. The second kappa shape index (κ2) is 14.4. The minimum atomic E-state index is -0.0904. The van der Waals surface area contributed by atoms with Gasteiger partial charge < -0.3 is 19.5 Å². The second-order valence-electron chi connectivity index (χ2n) is 5.44. The summed E-state index contributed by atoms with van der Waals surface area (Å²) in [5, 5.41) is 6.32. The number of carbonyl (C=O) groups excluding carboxylic acids is 1. The first-order valence-electron chi connectivity index (χ1n) is 8.49. The maximum Gasteiger partial charge on any atom is 0.223 e. The van der Waals surface area contributed by atoms with Crippen molar-refractivity contribution in [3.05, 3.63) is 11.8 Å². The van der Waals surface area contributed by atoms with Crippen molar-refractivity contribution in [1.82, 2.24) is 10.2 Å². The maximum atomic E-state index is 11.9. The Morgan fingerprint density at radius 3 is 2.60 bits per heavy atom. The molecule has 0 aromatic heterocycles. The third-order valence-electron chi connectivity index (χ3n) is 3.37. The highest BCUT2D eigenvalue weighted by atomic mass is 16.5. The summed E-state index contributed by atoms with van der Waals surface area (Å²) in [6.45, 7) is 5.57. The molecule has 9 nitrogen and oxygen atoms in total. The molecule has 0 aliphatic carbocycles. The minimum absolute atomic E-state index is 0.0185. The van der Waals surface area contributed by atoms with E-state index in [-0.39, 0.29) is 11.8 Å². The third kappa shape index (κ3) is 11.3. The quantitative estimate of drug-likeness (QED) is 0.260. The predicted octanol–water partition coefficient (Wildman–Crippen LogP) is 1.09. The highest BCUT2D eigenvalue weighted by Gasteiger charge is 2.14. The number of hydrogen-bond donors (Lipinski definition) is 2. The van der Waals surface area contributed by atoms with Gasteiger partial charge in [0, 0.05) is 37.2 Å². The van der Waals surface area contributed by atoms with Crippen LogP contribution in [0.3, 0.4) is 0 Å². The molecule has 25 heavy (non-hydrogen) atoms. The van der Waals surface area contributed by atoms with Crippen LogP contribution in [0, 0.1) is 11.4 Å². The summed E-state index contributed by atoms with van der Waals surface area (Å²) in [6, 6.07) is 0. The Kier molecular flexibility index (Phi) is 12.2. The fraction of sp³-hybridized carbons (Fsp3) is 0.750. The molecule has 0 radical (unpaired) electrons. The molecule has 2 N–H and O–H groups in total. The van der Waals surface area contributed by atoms with E-state index in [9.17, 15) is 4.79 Å². The number of carbonyl (C=O) groups is 1. The van der Waals surface area contributed by atoms with E-state index >= 15 is 0 Å². The van der Waals surface area contributed by atoms with Gasteiger partial charge in [-0.2, -0.15) is 0 Å². The predicted molar refractivity (Wildman–Crippen MR) is 92.6 cm³/mol. The smallest absolute Gasteiger partial charge is 0.223 e. The zero-order chi connectivity index (χ0) is 18.2. The third-order valence-corrected chi connectivity index (χ3v) is 3.37. The molecule has 9 heteroatoms. The summed E-state index contributed by atoms with van der Waals surface area (Å²) in [5.74, 6) is -0.0719. The molecule has 0 spiro atoms. The maximum absolute atomic E-state index is 11.9. The number of allylic oxidation sites excluding steroid dienone is 2. The number of hydrogen-bond acceptors (Lipinski definition) is 7. The van der Waals surface area contributed by atoms with Gasteiger partial charge in [-0.1, -0.05) is 13.0 Å². The lowest BCUT2D eigenvalue weighted by Gasteiger charge is -2.12. The Morgan fingerprint density at radius 1 is 1.28 bits per heavy atom. The van der Waals surface area contributed by atoms with E-state index in [0.717, 1.165) is 12.1 Å². The lowest BCUT2D eigenvalue weighted by atomic mass is 10.1. The molecule has 140 valence electrons. The molecular formula is C16H28N5O4+. The van der Waals surface area contributed by atoms with Crippen LogP contribution in [-0.4, -0.2) is 64.9 Å². The number of rotatable bonds is 15. The van der Waals surface area contributed by atoms with Gasteiger partial charge in [0.25, 0.3) is 0 Å². The highest BCUT2D eigenvalue weighted by molar-refractivity contribution is 5.78. The van der Waals surface area contributed by atoms with Crippen molar-refractivity contribution in [3.63, 3.8) is 0 Å². The van der Waals surface area contributed by atoms with Crippen LogP contribution in [0.5, 0.6) is 0 Å². The van der Waals surface area contributed by atoms with Crippen LogP contribution < -0.4 is 10.2 Å². The lowest BCUT2D eigenvalue weighted by molar-refractivity contribution is -0.124. The minimum Gasteiger partial charge on any atom is -0.377 e. The first kappa shape index (κ1) is 21.1. The monoisotopic (exact) mass is 354 g/mol. The number of ether oxygens (including phenoxy) is 3. The van der Waals surface area contributed by atoms with Gasteiger partial charge in [0.2, 0.25) is 10.8 Å². The molecule has 0 unspecified atom stereocenters. The van der Waals surface area contributed by atoms with E-state index in [1.807, 2.05) is 19.2 Å². The van der Waals surface area contributed by atoms with Gasteiger partial charge in [-0.3, -0.25) is 9.79 Å². The number of amides is 1. The average molecular weight is 354 g/mol. The molecule has 1 atom stereocenters. The summed E-state index contributed by atoms with van der Waals surface area (Å²) in [5.41, 5.74) is 7.45. The molecule has 1 aliphatic rings. The number of aliphatic imine (C=N–C) groups is 1. The van der Waals surface area contributed by atoms with Crippen LogP contribution >= 0.6 is 0 Å². The zero-order valence-electron chi connectivity index (χ0n) is 14.8. The van der Waals surface area contributed by atoms with E-state index in [1.165, 1.54) is 0 Å². The van der Waals surface area contributed by atoms with E-state index < -0.39 is 0 Å². The molecule has 1 rings (SSSR count). The van der Waals surface area contributed by atoms with Crippen LogP contribution in [0.2, 0.25) is 0 Å². The Bertz CT molecular complexity index is 489. The molecule has 0 aromatic carbocycles. The van der Waals surface area contributed by atoms with Gasteiger partial charge in [0.1, 0.15) is 17.2 Å². The van der Waals surface area contributed by atoms with Crippen LogP contribution in [0.15, 0.2) is 21.9 Å². The molecule has 0 saturated heterocycles. The fourth-order valence-electron chi connectivity index (χ4n) is 2.07. The Balaban J connectivity index is 1.85. The van der Waals surface area contributed by atoms with Crippen molar-refractivity contribution in [2.75, 3.05) is 52.7 Å². The van der Waals surface area contributed by atoms with Gasteiger partial charge in [-0.25, -0.2) is 0 Å². The van der Waals surface area contributed by atoms with Gasteiger partial charge >= 0.3 is 0 Å². The van der Waals surface area contributed by atoms with Crippen molar-refractivity contribution in [2.45, 2.75) is 19.8 Å². The van der Waals surface area contributed by atoms with Gasteiger partial charge in [0.05, 0.1) is 39.6 Å². The van der Waals surface area contributed by atoms with E-state index in [0.29, 0.717) is 59.2 Å². The topological polar surface area (TPSA) is 119 Å². The first-order valence-corrected chi connectivity index (χ1v) is 8.49. The van der Waals surface area contributed by atoms with Crippen molar-refractivity contribution in [3.8, 4) is 0 Å². The largest absolute Gasteiger partial charge is 0.377 e. The van der Waals surface area contributed by atoms with Gasteiger partial charge in [0.15, 0.2) is 0 Å². The molecular weight excluding hydrogens is 326 g/mol. The Labute approximate surface area is 148 Å². The second-order valence-corrected chi connectivity index (χ2v) is 5.44.